The van der Waals surface area contributed by atoms with E-state index in [1.54, 1.807) is 35.9 Å². The fraction of sp³-hybridized carbons (Fsp3) is 0.556. The van der Waals surface area contributed by atoms with Crippen molar-refractivity contribution in [2.45, 2.75) is 44.6 Å². The van der Waals surface area contributed by atoms with Gasteiger partial charge in [-0.05, 0) is 49.8 Å². The second-order valence-electron chi connectivity index (χ2n) is 6.77. The predicted octanol–water partition coefficient (Wildman–Crippen LogP) is 2.29. The lowest BCUT2D eigenvalue weighted by Crippen LogP contribution is -2.60. The molecule has 5 heteroatoms. The van der Waals surface area contributed by atoms with Crippen LogP contribution in [0.25, 0.3) is 0 Å². The van der Waals surface area contributed by atoms with Gasteiger partial charge < -0.3 is 9.80 Å². The lowest BCUT2D eigenvalue weighted by molar-refractivity contribution is -0.153. The van der Waals surface area contributed by atoms with Crippen LogP contribution in [0.5, 0.6) is 0 Å². The first-order chi connectivity index (χ1) is 10.9. The number of rotatable bonds is 2. The van der Waals surface area contributed by atoms with Gasteiger partial charge in [-0.15, -0.1) is 0 Å². The van der Waals surface area contributed by atoms with Gasteiger partial charge in [0.25, 0.3) is 0 Å². The van der Waals surface area contributed by atoms with Crippen LogP contribution in [0.3, 0.4) is 0 Å². The van der Waals surface area contributed by atoms with Crippen LogP contribution >= 0.6 is 0 Å². The van der Waals surface area contributed by atoms with E-state index in [2.05, 4.69) is 0 Å². The van der Waals surface area contributed by atoms with E-state index in [0.29, 0.717) is 17.7 Å². The molecule has 0 aliphatic carbocycles. The van der Waals surface area contributed by atoms with Crippen LogP contribution in [0.15, 0.2) is 18.2 Å². The van der Waals surface area contributed by atoms with Gasteiger partial charge in [0.05, 0.1) is 6.42 Å². The molecule has 1 unspecified atom stereocenters. The van der Waals surface area contributed by atoms with Crippen molar-refractivity contribution >= 4 is 11.8 Å². The smallest absolute Gasteiger partial charge is 0.248 e. The minimum Gasteiger partial charge on any atom is -0.344 e. The van der Waals surface area contributed by atoms with Gasteiger partial charge in [-0.25, -0.2) is 4.39 Å². The molecule has 2 aliphatic rings. The van der Waals surface area contributed by atoms with E-state index < -0.39 is 5.54 Å². The number of hydrogen-bond acceptors (Lipinski definition) is 2. The maximum Gasteiger partial charge on any atom is 0.248 e. The summed E-state index contributed by atoms with van der Waals surface area (Å²) in [6.45, 7) is 3.07. The molecule has 1 spiro atoms. The Bertz CT molecular complexity index is 646. The molecule has 1 aromatic rings. The third kappa shape index (κ3) is 2.73. The van der Waals surface area contributed by atoms with Gasteiger partial charge in [-0.1, -0.05) is 12.1 Å². The molecule has 0 bridgehead atoms. The van der Waals surface area contributed by atoms with Crippen LogP contribution in [-0.2, 0) is 16.0 Å². The number of likely N-dealkylation sites (N-methyl/N-ethyl adjacent to an activating group) is 1. The Morgan fingerprint density at radius 2 is 1.96 bits per heavy atom. The first kappa shape index (κ1) is 16.0. The summed E-state index contributed by atoms with van der Waals surface area (Å²) < 4.78 is 13.7. The molecule has 0 N–H and O–H groups in total. The summed E-state index contributed by atoms with van der Waals surface area (Å²) in [6, 6.07) is 4.90. The van der Waals surface area contributed by atoms with Gasteiger partial charge in [-0.2, -0.15) is 0 Å². The molecule has 1 aromatic carbocycles. The average molecular weight is 318 g/mol. The highest BCUT2D eigenvalue weighted by Crippen LogP contribution is 2.38. The number of amides is 2. The van der Waals surface area contributed by atoms with Crippen molar-refractivity contribution in [1.29, 1.82) is 0 Å². The second-order valence-corrected chi connectivity index (χ2v) is 6.77. The molecular weight excluding hydrogens is 295 g/mol. The standard InChI is InChI=1S/C18H23FN2O2/c1-13-5-6-14(11-15(13)19)12-16(22)21-10-4-8-18(21)7-3-9-20(2)17(18)23/h5-6,11H,3-4,7-10,12H2,1-2H3. The van der Waals surface area contributed by atoms with Crippen LogP contribution in [0.1, 0.15) is 36.8 Å². The zero-order valence-corrected chi connectivity index (χ0v) is 13.8. The number of aryl methyl sites for hydroxylation is 1. The molecule has 4 nitrogen and oxygen atoms in total. The van der Waals surface area contributed by atoms with E-state index in [9.17, 15) is 14.0 Å². The Morgan fingerprint density at radius 1 is 1.26 bits per heavy atom. The molecule has 3 rings (SSSR count). The summed E-state index contributed by atoms with van der Waals surface area (Å²) in [5.74, 6) is -0.306. The van der Waals surface area contributed by atoms with E-state index in [-0.39, 0.29) is 24.1 Å². The summed E-state index contributed by atoms with van der Waals surface area (Å²) in [5.41, 5.74) is 0.576. The average Bonchev–Trinajstić information content (AvgIpc) is 2.93. The van der Waals surface area contributed by atoms with Crippen molar-refractivity contribution in [3.63, 3.8) is 0 Å². The first-order valence-corrected chi connectivity index (χ1v) is 8.25. The molecule has 2 amide bonds. The van der Waals surface area contributed by atoms with Gasteiger partial charge in [0.1, 0.15) is 11.4 Å². The molecular formula is C18H23FN2O2. The van der Waals surface area contributed by atoms with E-state index in [1.165, 1.54) is 6.07 Å². The Hall–Kier alpha value is -1.91. The lowest BCUT2D eigenvalue weighted by Gasteiger charge is -2.43. The van der Waals surface area contributed by atoms with Crippen molar-refractivity contribution in [1.82, 2.24) is 9.80 Å². The molecule has 2 fully saturated rings. The van der Waals surface area contributed by atoms with Crippen molar-refractivity contribution in [3.05, 3.63) is 35.1 Å². The summed E-state index contributed by atoms with van der Waals surface area (Å²) in [6.07, 6.45) is 3.41. The molecule has 0 saturated carbocycles. The number of nitrogens with zero attached hydrogens (tertiary/aromatic N) is 2. The number of benzene rings is 1. The van der Waals surface area contributed by atoms with Crippen LogP contribution in [0, 0.1) is 12.7 Å². The van der Waals surface area contributed by atoms with E-state index in [0.717, 1.165) is 32.2 Å². The van der Waals surface area contributed by atoms with E-state index in [1.807, 2.05) is 0 Å². The number of carbonyl (C=O) groups is 2. The third-order valence-electron chi connectivity index (χ3n) is 5.21. The Morgan fingerprint density at radius 3 is 2.65 bits per heavy atom. The Balaban J connectivity index is 1.80. The number of piperidine rings is 1. The molecule has 124 valence electrons. The Labute approximate surface area is 136 Å². The normalized spacial score (nSPS) is 24.6. The fourth-order valence-corrected chi connectivity index (χ4v) is 3.91. The first-order valence-electron chi connectivity index (χ1n) is 8.25. The highest BCUT2D eigenvalue weighted by atomic mass is 19.1. The number of carbonyl (C=O) groups excluding carboxylic acids is 2. The second kappa shape index (κ2) is 5.95. The van der Waals surface area contributed by atoms with Crippen molar-refractivity contribution in [2.75, 3.05) is 20.1 Å². The zero-order chi connectivity index (χ0) is 16.6. The van der Waals surface area contributed by atoms with Crippen LogP contribution in [0.4, 0.5) is 4.39 Å². The molecule has 1 atom stereocenters. The lowest BCUT2D eigenvalue weighted by atomic mass is 9.85. The van der Waals surface area contributed by atoms with Crippen molar-refractivity contribution < 1.29 is 14.0 Å². The van der Waals surface area contributed by atoms with Gasteiger partial charge in [0.2, 0.25) is 11.8 Å². The SMILES string of the molecule is Cc1ccc(CC(=O)N2CCCC23CCCN(C)C3=O)cc1F. The largest absolute Gasteiger partial charge is 0.344 e. The molecule has 2 heterocycles. The number of halogens is 1. The minimum absolute atomic E-state index is 0.0599. The van der Waals surface area contributed by atoms with Gasteiger partial charge in [0.15, 0.2) is 0 Å². The predicted molar refractivity (Wildman–Crippen MR) is 85.4 cm³/mol. The summed E-state index contributed by atoms with van der Waals surface area (Å²) in [7, 11) is 1.81. The third-order valence-corrected chi connectivity index (χ3v) is 5.21. The van der Waals surface area contributed by atoms with Crippen LogP contribution < -0.4 is 0 Å². The molecule has 23 heavy (non-hydrogen) atoms. The van der Waals surface area contributed by atoms with Gasteiger partial charge >= 0.3 is 0 Å². The van der Waals surface area contributed by atoms with Gasteiger partial charge in [0, 0.05) is 20.1 Å². The Kier molecular flexibility index (Phi) is 4.13. The van der Waals surface area contributed by atoms with E-state index >= 15 is 0 Å². The summed E-state index contributed by atoms with van der Waals surface area (Å²) >= 11 is 0. The highest BCUT2D eigenvalue weighted by Gasteiger charge is 2.51. The van der Waals surface area contributed by atoms with Crippen LogP contribution in [0.2, 0.25) is 0 Å². The number of likely N-dealkylation sites (tertiary alicyclic amines) is 2. The number of hydrogen-bond donors (Lipinski definition) is 0. The van der Waals surface area contributed by atoms with Gasteiger partial charge in [-0.3, -0.25) is 9.59 Å². The fourth-order valence-electron chi connectivity index (χ4n) is 3.91. The van der Waals surface area contributed by atoms with E-state index in [4.69, 9.17) is 0 Å². The molecule has 0 radical (unpaired) electrons. The molecule has 2 aliphatic heterocycles. The highest BCUT2D eigenvalue weighted by molar-refractivity contribution is 5.93. The summed E-state index contributed by atoms with van der Waals surface area (Å²) in [4.78, 5) is 28.9. The quantitative estimate of drug-likeness (QED) is 0.839. The maximum absolute atomic E-state index is 13.7. The topological polar surface area (TPSA) is 40.6 Å². The van der Waals surface area contributed by atoms with Crippen molar-refractivity contribution in [2.24, 2.45) is 0 Å². The molecule has 2 saturated heterocycles. The minimum atomic E-state index is -0.659. The molecule has 0 aromatic heterocycles. The van der Waals surface area contributed by atoms with Crippen molar-refractivity contribution in [3.8, 4) is 0 Å². The maximum atomic E-state index is 13.7. The summed E-state index contributed by atoms with van der Waals surface area (Å²) in [5, 5.41) is 0. The zero-order valence-electron chi connectivity index (χ0n) is 13.8. The monoisotopic (exact) mass is 318 g/mol. The van der Waals surface area contributed by atoms with Crippen LogP contribution in [-0.4, -0.2) is 47.3 Å².